The van der Waals surface area contributed by atoms with Crippen molar-refractivity contribution in [1.82, 2.24) is 19.4 Å². The largest absolute Gasteiger partial charge is 0.382 e. The molecule has 3 N–H and O–H groups in total. The predicted molar refractivity (Wildman–Crippen MR) is 117 cm³/mol. The molecule has 0 radical (unpaired) electrons. The van der Waals surface area contributed by atoms with E-state index < -0.39 is 0 Å². The van der Waals surface area contributed by atoms with Crippen LogP contribution in [0, 0.1) is 11.8 Å². The second kappa shape index (κ2) is 6.69. The van der Waals surface area contributed by atoms with Gasteiger partial charge >= 0.3 is 0 Å². The number of nitrogens with two attached hydrogens (primary N) is 1. The second-order valence-corrected chi connectivity index (χ2v) is 8.85. The number of Topliss-reactive ketones (excluding diaryl/α,β-unsaturated/α-hetero) is 1. The van der Waals surface area contributed by atoms with Crippen molar-refractivity contribution < 1.29 is 4.79 Å². The number of carbonyl (C=O) groups excluding carboxylic acids is 1. The van der Waals surface area contributed by atoms with Gasteiger partial charge in [-0.3, -0.25) is 9.20 Å². The van der Waals surface area contributed by atoms with Gasteiger partial charge in [0.2, 0.25) is 0 Å². The lowest BCUT2D eigenvalue weighted by molar-refractivity contribution is -0.125. The van der Waals surface area contributed by atoms with Crippen LogP contribution < -0.4 is 5.73 Å². The molecule has 0 spiro atoms. The summed E-state index contributed by atoms with van der Waals surface area (Å²) in [6, 6.07) is 10.3. The maximum absolute atomic E-state index is 12.5. The van der Waals surface area contributed by atoms with E-state index in [0.717, 1.165) is 72.2 Å². The maximum atomic E-state index is 12.5. The van der Waals surface area contributed by atoms with Gasteiger partial charge in [-0.2, -0.15) is 0 Å². The number of nitrogens with one attached hydrogen (secondary N) is 1. The minimum Gasteiger partial charge on any atom is -0.382 e. The Labute approximate surface area is 174 Å². The molecule has 6 heteroatoms. The molecule has 152 valence electrons. The number of anilines is 1. The molecule has 0 unspecified atom stereocenters. The monoisotopic (exact) mass is 399 g/mol. The molecule has 4 aromatic rings. The number of nitrogen functional groups attached to an aromatic ring is 1. The van der Waals surface area contributed by atoms with Crippen LogP contribution in [0.5, 0.6) is 0 Å². The van der Waals surface area contributed by atoms with Gasteiger partial charge in [-0.15, -0.1) is 0 Å². The standard InChI is InChI=1S/C24H25N5O/c25-23-21-20(19-13-17-3-1-2-4-18(17)27-19)28-24(29(21)12-11-26-23)16-9-7-15(8-10-16)22(30)14-5-6-14/h1-4,11-16,27H,5-10H2,(H2,25,26). The van der Waals surface area contributed by atoms with Crippen molar-refractivity contribution in [2.24, 2.45) is 11.8 Å². The van der Waals surface area contributed by atoms with E-state index >= 15 is 0 Å². The molecule has 6 nitrogen and oxygen atoms in total. The summed E-state index contributed by atoms with van der Waals surface area (Å²) in [6.07, 6.45) is 9.83. The number of hydrogen-bond acceptors (Lipinski definition) is 4. The van der Waals surface area contributed by atoms with E-state index in [1.54, 1.807) is 6.20 Å². The van der Waals surface area contributed by atoms with Gasteiger partial charge in [0.05, 0.1) is 5.69 Å². The number of ketones is 1. The number of carbonyl (C=O) groups is 1. The summed E-state index contributed by atoms with van der Waals surface area (Å²) in [5.41, 5.74) is 10.0. The van der Waals surface area contributed by atoms with Crippen molar-refractivity contribution in [3.8, 4) is 11.4 Å². The van der Waals surface area contributed by atoms with Crippen LogP contribution in [0.15, 0.2) is 42.7 Å². The van der Waals surface area contributed by atoms with E-state index in [-0.39, 0.29) is 5.92 Å². The van der Waals surface area contributed by atoms with Crippen LogP contribution >= 0.6 is 0 Å². The molecule has 2 aliphatic rings. The van der Waals surface area contributed by atoms with Gasteiger partial charge in [-0.1, -0.05) is 18.2 Å². The number of nitrogens with zero attached hydrogens (tertiary/aromatic N) is 3. The molecule has 2 fully saturated rings. The second-order valence-electron chi connectivity index (χ2n) is 8.85. The topological polar surface area (TPSA) is 89.1 Å². The highest BCUT2D eigenvalue weighted by molar-refractivity contribution is 5.91. The fourth-order valence-corrected chi connectivity index (χ4v) is 5.10. The fraction of sp³-hybridized carbons (Fsp3) is 0.375. The van der Waals surface area contributed by atoms with E-state index in [2.05, 4.69) is 32.6 Å². The third-order valence-corrected chi connectivity index (χ3v) is 6.87. The van der Waals surface area contributed by atoms with E-state index in [9.17, 15) is 4.79 Å². The van der Waals surface area contributed by atoms with Gasteiger partial charge in [0.15, 0.2) is 0 Å². The molecule has 6 rings (SSSR count). The lowest BCUT2D eigenvalue weighted by Crippen LogP contribution is -2.23. The highest BCUT2D eigenvalue weighted by atomic mass is 16.1. The average molecular weight is 399 g/mol. The number of hydrogen-bond donors (Lipinski definition) is 2. The quantitative estimate of drug-likeness (QED) is 0.520. The van der Waals surface area contributed by atoms with Crippen LogP contribution in [-0.4, -0.2) is 25.1 Å². The molecule has 0 aliphatic heterocycles. The van der Waals surface area contributed by atoms with Gasteiger partial charge in [-0.25, -0.2) is 9.97 Å². The Kier molecular flexibility index (Phi) is 3.94. The third kappa shape index (κ3) is 2.82. The lowest BCUT2D eigenvalue weighted by Gasteiger charge is -2.27. The highest BCUT2D eigenvalue weighted by Crippen LogP contribution is 2.42. The maximum Gasteiger partial charge on any atom is 0.150 e. The third-order valence-electron chi connectivity index (χ3n) is 6.87. The van der Waals surface area contributed by atoms with Gasteiger partial charge < -0.3 is 10.7 Å². The van der Waals surface area contributed by atoms with Crippen molar-refractivity contribution in [3.05, 3.63) is 48.5 Å². The summed E-state index contributed by atoms with van der Waals surface area (Å²) in [7, 11) is 0. The summed E-state index contributed by atoms with van der Waals surface area (Å²) in [5, 5.41) is 1.15. The Bertz CT molecular complexity index is 1220. The van der Waals surface area contributed by atoms with Gasteiger partial charge in [0, 0.05) is 41.1 Å². The van der Waals surface area contributed by atoms with Crippen LogP contribution in [0.1, 0.15) is 50.3 Å². The normalized spacial score (nSPS) is 22.0. The molecule has 3 heterocycles. The highest BCUT2D eigenvalue weighted by Gasteiger charge is 2.37. The number of para-hydroxylation sites is 1. The Morgan fingerprint density at radius 3 is 2.53 bits per heavy atom. The van der Waals surface area contributed by atoms with E-state index in [1.165, 1.54) is 0 Å². The van der Waals surface area contributed by atoms with E-state index in [1.807, 2.05) is 18.3 Å². The summed E-state index contributed by atoms with van der Waals surface area (Å²) in [6.45, 7) is 0. The first kappa shape index (κ1) is 17.7. The minimum absolute atomic E-state index is 0.250. The van der Waals surface area contributed by atoms with Gasteiger partial charge in [0.1, 0.15) is 28.6 Å². The summed E-state index contributed by atoms with van der Waals surface area (Å²) in [5.74, 6) is 2.97. The van der Waals surface area contributed by atoms with E-state index in [4.69, 9.17) is 10.7 Å². The molecule has 3 aromatic heterocycles. The number of benzene rings is 1. The Hall–Kier alpha value is -3.15. The van der Waals surface area contributed by atoms with Crippen LogP contribution in [0.2, 0.25) is 0 Å². The number of fused-ring (bicyclic) bond motifs is 2. The molecule has 1 aromatic carbocycles. The van der Waals surface area contributed by atoms with Crippen molar-refractivity contribution in [2.75, 3.05) is 5.73 Å². The van der Waals surface area contributed by atoms with Crippen molar-refractivity contribution in [1.29, 1.82) is 0 Å². The Morgan fingerprint density at radius 2 is 1.80 bits per heavy atom. The van der Waals surface area contributed by atoms with Crippen LogP contribution in [-0.2, 0) is 4.79 Å². The van der Waals surface area contributed by atoms with Crippen LogP contribution in [0.4, 0.5) is 5.82 Å². The van der Waals surface area contributed by atoms with Gasteiger partial charge in [0.25, 0.3) is 0 Å². The zero-order chi connectivity index (χ0) is 20.2. The molecule has 2 aliphatic carbocycles. The smallest absolute Gasteiger partial charge is 0.150 e. The molecule has 0 amide bonds. The Morgan fingerprint density at radius 1 is 1.07 bits per heavy atom. The number of rotatable bonds is 4. The van der Waals surface area contributed by atoms with Crippen LogP contribution in [0.3, 0.4) is 0 Å². The van der Waals surface area contributed by atoms with Gasteiger partial charge in [-0.05, 0) is 50.7 Å². The zero-order valence-corrected chi connectivity index (χ0v) is 16.8. The molecule has 30 heavy (non-hydrogen) atoms. The molecule has 0 atom stereocenters. The molecule has 2 saturated carbocycles. The van der Waals surface area contributed by atoms with Crippen molar-refractivity contribution >= 4 is 28.0 Å². The Balaban J connectivity index is 1.39. The number of aromatic amines is 1. The first-order chi connectivity index (χ1) is 14.7. The molecule has 0 saturated heterocycles. The minimum atomic E-state index is 0.250. The molecule has 0 bridgehead atoms. The summed E-state index contributed by atoms with van der Waals surface area (Å²) < 4.78 is 2.11. The summed E-state index contributed by atoms with van der Waals surface area (Å²) in [4.78, 5) is 25.4. The lowest BCUT2D eigenvalue weighted by atomic mass is 9.78. The SMILES string of the molecule is Nc1nccn2c(C3CCC(C(=O)C4CC4)CC3)nc(-c3cc4ccccc4[nH]3)c12. The van der Waals surface area contributed by atoms with Crippen LogP contribution in [0.25, 0.3) is 27.8 Å². The van der Waals surface area contributed by atoms with Crippen molar-refractivity contribution in [3.63, 3.8) is 0 Å². The first-order valence-electron chi connectivity index (χ1n) is 10.9. The molecular formula is C24H25N5O. The summed E-state index contributed by atoms with van der Waals surface area (Å²) >= 11 is 0. The first-order valence-corrected chi connectivity index (χ1v) is 10.9. The van der Waals surface area contributed by atoms with E-state index in [0.29, 0.717) is 23.4 Å². The number of imidazole rings is 1. The average Bonchev–Trinajstić information content (AvgIpc) is 3.41. The van der Waals surface area contributed by atoms with Crippen molar-refractivity contribution in [2.45, 2.75) is 44.4 Å². The molecular weight excluding hydrogens is 374 g/mol. The zero-order valence-electron chi connectivity index (χ0n) is 16.8. The number of aromatic nitrogens is 4. The number of H-pyrrole nitrogens is 1. The fourth-order valence-electron chi connectivity index (χ4n) is 5.10. The predicted octanol–water partition coefficient (Wildman–Crippen LogP) is 4.71.